The molecule has 130 valence electrons. The largest absolute Gasteiger partial charge is 0.482 e. The summed E-state index contributed by atoms with van der Waals surface area (Å²) in [5, 5.41) is 9.75. The molecule has 1 fully saturated rings. The van der Waals surface area contributed by atoms with Crippen LogP contribution in [-0.4, -0.2) is 40.9 Å². The zero-order chi connectivity index (χ0) is 17.2. The maximum atomic E-state index is 12.4. The number of fused-ring (bicyclic) bond motifs is 1. The van der Waals surface area contributed by atoms with E-state index in [1.165, 1.54) is 0 Å². The van der Waals surface area contributed by atoms with Crippen LogP contribution >= 0.6 is 0 Å². The predicted octanol–water partition coefficient (Wildman–Crippen LogP) is 1.65. The van der Waals surface area contributed by atoms with Crippen molar-refractivity contribution in [2.24, 2.45) is 0 Å². The lowest BCUT2D eigenvalue weighted by Crippen LogP contribution is -2.25. The first-order valence-corrected chi connectivity index (χ1v) is 8.19. The van der Waals surface area contributed by atoms with Crippen LogP contribution in [0.3, 0.4) is 0 Å². The molecule has 2 aliphatic heterocycles. The highest BCUT2D eigenvalue weighted by Crippen LogP contribution is 2.28. The van der Waals surface area contributed by atoms with Gasteiger partial charge in [0.05, 0.1) is 30.2 Å². The van der Waals surface area contributed by atoms with Crippen molar-refractivity contribution >= 4 is 23.2 Å². The molecule has 25 heavy (non-hydrogen) atoms. The molecule has 1 saturated heterocycles. The highest BCUT2D eigenvalue weighted by Gasteiger charge is 2.19. The molecular weight excluding hydrogens is 324 g/mol. The highest BCUT2D eigenvalue weighted by atomic mass is 16.5. The van der Waals surface area contributed by atoms with Crippen molar-refractivity contribution in [3.8, 4) is 5.75 Å². The SMILES string of the molecule is O=C1COc2ccc(C(=O)Nc3cnn(CC4CCCO4)c3)cc2N1. The highest BCUT2D eigenvalue weighted by molar-refractivity contribution is 6.06. The van der Waals surface area contributed by atoms with Crippen LogP contribution in [-0.2, 0) is 16.1 Å². The fraction of sp³-hybridized carbons (Fsp3) is 0.353. The summed E-state index contributed by atoms with van der Waals surface area (Å²) in [6, 6.07) is 4.92. The van der Waals surface area contributed by atoms with Crippen LogP contribution in [0.5, 0.6) is 5.75 Å². The van der Waals surface area contributed by atoms with Crippen molar-refractivity contribution < 1.29 is 19.1 Å². The Bertz CT molecular complexity index is 811. The van der Waals surface area contributed by atoms with Crippen molar-refractivity contribution in [1.82, 2.24) is 9.78 Å². The van der Waals surface area contributed by atoms with Gasteiger partial charge in [0, 0.05) is 18.4 Å². The molecule has 1 aromatic heterocycles. The molecule has 1 unspecified atom stereocenters. The Morgan fingerprint density at radius 3 is 3.20 bits per heavy atom. The van der Waals surface area contributed by atoms with Crippen LogP contribution in [0, 0.1) is 0 Å². The zero-order valence-corrected chi connectivity index (χ0v) is 13.5. The number of amides is 2. The van der Waals surface area contributed by atoms with Gasteiger partial charge in [-0.3, -0.25) is 14.3 Å². The molecule has 0 saturated carbocycles. The van der Waals surface area contributed by atoms with E-state index in [9.17, 15) is 9.59 Å². The smallest absolute Gasteiger partial charge is 0.262 e. The first-order chi connectivity index (χ1) is 12.2. The number of benzene rings is 1. The van der Waals surface area contributed by atoms with E-state index in [-0.39, 0.29) is 24.5 Å². The van der Waals surface area contributed by atoms with Gasteiger partial charge in [-0.25, -0.2) is 0 Å². The minimum absolute atomic E-state index is 0.0115. The molecule has 8 heteroatoms. The zero-order valence-electron chi connectivity index (χ0n) is 13.5. The molecule has 0 bridgehead atoms. The number of hydrogen-bond donors (Lipinski definition) is 2. The van der Waals surface area contributed by atoms with Gasteiger partial charge >= 0.3 is 0 Å². The molecule has 2 aromatic rings. The molecule has 0 aliphatic carbocycles. The molecule has 3 heterocycles. The van der Waals surface area contributed by atoms with Crippen LogP contribution in [0.4, 0.5) is 11.4 Å². The third kappa shape index (κ3) is 3.48. The second-order valence-electron chi connectivity index (χ2n) is 6.09. The lowest BCUT2D eigenvalue weighted by Gasteiger charge is -2.18. The summed E-state index contributed by atoms with van der Waals surface area (Å²) in [4.78, 5) is 23.8. The summed E-state index contributed by atoms with van der Waals surface area (Å²) >= 11 is 0. The summed E-state index contributed by atoms with van der Waals surface area (Å²) in [6.07, 6.45) is 5.69. The van der Waals surface area contributed by atoms with Crippen LogP contribution in [0.2, 0.25) is 0 Å². The Morgan fingerprint density at radius 2 is 2.36 bits per heavy atom. The third-order valence-corrected chi connectivity index (χ3v) is 4.18. The summed E-state index contributed by atoms with van der Waals surface area (Å²) in [5.74, 6) is 0.0419. The number of carbonyl (C=O) groups excluding carboxylic acids is 2. The molecule has 1 aromatic carbocycles. The summed E-state index contributed by atoms with van der Waals surface area (Å²) in [5.41, 5.74) is 1.54. The van der Waals surface area contributed by atoms with Crippen LogP contribution in [0.25, 0.3) is 0 Å². The van der Waals surface area contributed by atoms with E-state index in [0.717, 1.165) is 19.4 Å². The van der Waals surface area contributed by atoms with Gasteiger partial charge in [0.2, 0.25) is 0 Å². The minimum Gasteiger partial charge on any atom is -0.482 e. The monoisotopic (exact) mass is 342 g/mol. The van der Waals surface area contributed by atoms with Crippen molar-refractivity contribution in [1.29, 1.82) is 0 Å². The Morgan fingerprint density at radius 1 is 1.44 bits per heavy atom. The molecule has 2 amide bonds. The van der Waals surface area contributed by atoms with E-state index >= 15 is 0 Å². The van der Waals surface area contributed by atoms with E-state index in [2.05, 4.69) is 15.7 Å². The topological polar surface area (TPSA) is 94.5 Å². The van der Waals surface area contributed by atoms with Gasteiger partial charge < -0.3 is 20.1 Å². The predicted molar refractivity (Wildman–Crippen MR) is 89.7 cm³/mol. The van der Waals surface area contributed by atoms with Crippen molar-refractivity contribution in [3.05, 3.63) is 36.2 Å². The minimum atomic E-state index is -0.278. The molecule has 8 nitrogen and oxygen atoms in total. The van der Waals surface area contributed by atoms with Crippen LogP contribution in [0.15, 0.2) is 30.6 Å². The molecule has 2 N–H and O–H groups in total. The second-order valence-corrected chi connectivity index (χ2v) is 6.09. The average molecular weight is 342 g/mol. The van der Waals surface area contributed by atoms with Crippen LogP contribution < -0.4 is 15.4 Å². The number of nitrogens with zero attached hydrogens (tertiary/aromatic N) is 2. The van der Waals surface area contributed by atoms with Gasteiger partial charge in [0.15, 0.2) is 6.61 Å². The molecule has 0 radical (unpaired) electrons. The van der Waals surface area contributed by atoms with Crippen molar-refractivity contribution in [2.45, 2.75) is 25.5 Å². The fourth-order valence-electron chi connectivity index (χ4n) is 2.95. The van der Waals surface area contributed by atoms with Gasteiger partial charge in [-0.15, -0.1) is 0 Å². The standard InChI is InChI=1S/C17H18N4O4/c22-16-10-25-15-4-3-11(6-14(15)20-16)17(23)19-12-7-18-21(8-12)9-13-2-1-5-24-13/h3-4,6-8,13H,1-2,5,9-10H2,(H,19,23)(H,20,22). The molecule has 4 rings (SSSR count). The quantitative estimate of drug-likeness (QED) is 0.881. The normalized spacial score (nSPS) is 19.0. The van der Waals surface area contributed by atoms with Gasteiger partial charge in [-0.2, -0.15) is 5.10 Å². The molecule has 0 spiro atoms. The third-order valence-electron chi connectivity index (χ3n) is 4.18. The number of carbonyl (C=O) groups is 2. The Kier molecular flexibility index (Phi) is 4.10. The van der Waals surface area contributed by atoms with Gasteiger partial charge in [-0.05, 0) is 31.0 Å². The van der Waals surface area contributed by atoms with Gasteiger partial charge in [0.1, 0.15) is 5.75 Å². The molecule has 1 atom stereocenters. The Hall–Kier alpha value is -2.87. The van der Waals surface area contributed by atoms with E-state index in [0.29, 0.717) is 29.2 Å². The van der Waals surface area contributed by atoms with Gasteiger partial charge in [-0.1, -0.05) is 0 Å². The lowest BCUT2D eigenvalue weighted by molar-refractivity contribution is -0.118. The number of hydrogen-bond acceptors (Lipinski definition) is 5. The number of rotatable bonds is 4. The number of ether oxygens (including phenoxy) is 2. The molecular formula is C17H18N4O4. The second kappa shape index (κ2) is 6.56. The maximum absolute atomic E-state index is 12.4. The lowest BCUT2D eigenvalue weighted by atomic mass is 10.1. The average Bonchev–Trinajstić information content (AvgIpc) is 3.26. The van der Waals surface area contributed by atoms with Crippen molar-refractivity contribution in [3.63, 3.8) is 0 Å². The van der Waals surface area contributed by atoms with E-state index in [1.54, 1.807) is 35.3 Å². The summed E-state index contributed by atoms with van der Waals surface area (Å²) in [6.45, 7) is 1.47. The summed E-state index contributed by atoms with van der Waals surface area (Å²) in [7, 11) is 0. The maximum Gasteiger partial charge on any atom is 0.262 e. The van der Waals surface area contributed by atoms with Crippen molar-refractivity contribution in [2.75, 3.05) is 23.8 Å². The summed E-state index contributed by atoms with van der Waals surface area (Å²) < 4.78 is 12.6. The van der Waals surface area contributed by atoms with Crippen LogP contribution in [0.1, 0.15) is 23.2 Å². The van der Waals surface area contributed by atoms with E-state index < -0.39 is 0 Å². The van der Waals surface area contributed by atoms with E-state index in [4.69, 9.17) is 9.47 Å². The fourth-order valence-corrected chi connectivity index (χ4v) is 2.95. The number of aromatic nitrogens is 2. The molecule has 2 aliphatic rings. The number of nitrogens with one attached hydrogen (secondary N) is 2. The Balaban J connectivity index is 1.42. The first-order valence-electron chi connectivity index (χ1n) is 8.19. The number of anilines is 2. The Labute approximate surface area is 144 Å². The van der Waals surface area contributed by atoms with E-state index in [1.807, 2.05) is 0 Å². The first kappa shape index (κ1) is 15.6. The van der Waals surface area contributed by atoms with Gasteiger partial charge in [0.25, 0.3) is 11.8 Å².